The Labute approximate surface area is 171 Å². The summed E-state index contributed by atoms with van der Waals surface area (Å²) in [6.07, 6.45) is 1.13. The summed E-state index contributed by atoms with van der Waals surface area (Å²) >= 11 is 0. The first-order valence-electron chi connectivity index (χ1n) is 9.00. The molecule has 2 aromatic rings. The normalized spacial score (nSPS) is 20.6. The molecule has 154 valence electrons. The Morgan fingerprint density at radius 3 is 2.30 bits per heavy atom. The molecule has 5 nitrogen and oxygen atoms in total. The van der Waals surface area contributed by atoms with Crippen molar-refractivity contribution < 1.29 is 22.8 Å². The van der Waals surface area contributed by atoms with Crippen LogP contribution in [0, 0.1) is 28.8 Å². The summed E-state index contributed by atoms with van der Waals surface area (Å²) in [6, 6.07) is 9.25. The summed E-state index contributed by atoms with van der Waals surface area (Å²) in [4.78, 5) is 28.5. The van der Waals surface area contributed by atoms with E-state index >= 15 is 0 Å². The van der Waals surface area contributed by atoms with Gasteiger partial charge in [-0.2, -0.15) is 5.26 Å². The van der Waals surface area contributed by atoms with Crippen LogP contribution in [0.4, 0.5) is 13.2 Å². The number of nitrogens with zero attached hydrogens (tertiary/aromatic N) is 3. The van der Waals surface area contributed by atoms with Crippen LogP contribution >= 0.6 is 0 Å². The molecule has 1 heterocycles. The molecule has 0 spiro atoms. The number of carbonyl (C=O) groups excluding carboxylic acids is 2. The fourth-order valence-electron chi connectivity index (χ4n) is 3.45. The van der Waals surface area contributed by atoms with Crippen LogP contribution in [0.5, 0.6) is 0 Å². The highest BCUT2D eigenvalue weighted by Gasteiger charge is 2.48. The average molecular weight is 413 g/mol. The topological polar surface area (TPSA) is 64.4 Å². The first kappa shape index (κ1) is 21.1. The minimum atomic E-state index is -1.28. The lowest BCUT2D eigenvalue weighted by Gasteiger charge is -2.45. The van der Waals surface area contributed by atoms with Gasteiger partial charge in [-0.15, -0.1) is 0 Å². The second-order valence-electron chi connectivity index (χ2n) is 7.27. The number of nitriles is 1. The predicted octanol–water partition coefficient (Wildman–Crippen LogP) is 3.25. The average Bonchev–Trinajstić information content (AvgIpc) is 2.73. The Hall–Kier alpha value is -3.60. The van der Waals surface area contributed by atoms with Crippen LogP contribution in [-0.2, 0) is 16.0 Å². The molecule has 0 aliphatic carbocycles. The number of hydrogen-bond donors (Lipinski definition) is 0. The second-order valence-corrected chi connectivity index (χ2v) is 7.27. The molecule has 1 atom stereocenters. The lowest BCUT2D eigenvalue weighted by atomic mass is 9.87. The summed E-state index contributed by atoms with van der Waals surface area (Å²) in [6.45, 7) is 1.58. The van der Waals surface area contributed by atoms with Crippen molar-refractivity contribution in [3.8, 4) is 6.07 Å². The molecule has 3 rings (SSSR count). The molecular weight excluding hydrogens is 395 g/mol. The van der Waals surface area contributed by atoms with Crippen molar-refractivity contribution in [3.63, 3.8) is 0 Å². The Kier molecular flexibility index (Phi) is 5.40. The third-order valence-corrected chi connectivity index (χ3v) is 5.39. The van der Waals surface area contributed by atoms with E-state index in [1.807, 2.05) is 0 Å². The van der Waals surface area contributed by atoms with Gasteiger partial charge in [0.2, 0.25) is 0 Å². The zero-order valence-electron chi connectivity index (χ0n) is 16.5. The third kappa shape index (κ3) is 3.43. The van der Waals surface area contributed by atoms with Crippen molar-refractivity contribution in [1.29, 1.82) is 5.26 Å². The predicted molar refractivity (Wildman–Crippen MR) is 103 cm³/mol. The molecule has 0 aromatic heterocycles. The van der Waals surface area contributed by atoms with E-state index in [1.165, 1.54) is 43.3 Å². The molecule has 1 unspecified atom stereocenters. The van der Waals surface area contributed by atoms with Gasteiger partial charge in [0.25, 0.3) is 11.8 Å². The van der Waals surface area contributed by atoms with Crippen molar-refractivity contribution in [2.75, 3.05) is 14.1 Å². The molecule has 30 heavy (non-hydrogen) atoms. The molecule has 1 saturated heterocycles. The number of carbonyl (C=O) groups is 2. The smallest absolute Gasteiger partial charge is 0.271 e. The lowest BCUT2D eigenvalue weighted by Crippen LogP contribution is -2.64. The number of benzene rings is 2. The number of halogens is 3. The van der Waals surface area contributed by atoms with Crippen molar-refractivity contribution in [2.45, 2.75) is 18.9 Å². The summed E-state index contributed by atoms with van der Waals surface area (Å²) in [7, 11) is 2.78. The van der Waals surface area contributed by atoms with Gasteiger partial charge < -0.3 is 9.80 Å². The van der Waals surface area contributed by atoms with Crippen molar-refractivity contribution in [3.05, 3.63) is 76.2 Å². The van der Waals surface area contributed by atoms with Gasteiger partial charge in [-0.25, -0.2) is 13.2 Å². The molecule has 0 bridgehead atoms. The minimum absolute atomic E-state index is 0.129. The molecule has 2 aromatic carbocycles. The summed E-state index contributed by atoms with van der Waals surface area (Å²) < 4.78 is 41.2. The number of piperazine rings is 1. The van der Waals surface area contributed by atoms with Gasteiger partial charge >= 0.3 is 0 Å². The molecule has 0 N–H and O–H groups in total. The van der Waals surface area contributed by atoms with Gasteiger partial charge in [0.05, 0.1) is 11.6 Å². The lowest BCUT2D eigenvalue weighted by molar-refractivity contribution is -0.155. The van der Waals surface area contributed by atoms with Crippen molar-refractivity contribution in [2.24, 2.45) is 0 Å². The van der Waals surface area contributed by atoms with Crippen molar-refractivity contribution in [1.82, 2.24) is 9.80 Å². The zero-order valence-corrected chi connectivity index (χ0v) is 16.5. The standard InChI is InChI=1S/C22H18F3N3O2/c1-22(11-13-4-7-15(23)8-5-13)21(30)27(2)18(20(29)28(22)3)10-16-14(12-26)6-9-17(24)19(16)25/h4-10H,11H2,1-3H3. The van der Waals surface area contributed by atoms with Gasteiger partial charge in [-0.3, -0.25) is 9.59 Å². The van der Waals surface area contributed by atoms with Crippen LogP contribution in [0.15, 0.2) is 42.1 Å². The highest BCUT2D eigenvalue weighted by atomic mass is 19.2. The van der Waals surface area contributed by atoms with Crippen LogP contribution < -0.4 is 0 Å². The SMILES string of the molecule is CN1C(=O)C(C)(Cc2ccc(F)cc2)N(C)C(=O)C1=Cc1c(C#N)ccc(F)c1F. The molecule has 2 amide bonds. The van der Waals surface area contributed by atoms with E-state index in [-0.39, 0.29) is 17.7 Å². The van der Waals surface area contributed by atoms with Gasteiger partial charge in [-0.05, 0) is 42.8 Å². The number of hydrogen-bond acceptors (Lipinski definition) is 3. The van der Waals surface area contributed by atoms with Crippen molar-refractivity contribution >= 4 is 17.9 Å². The summed E-state index contributed by atoms with van der Waals surface area (Å²) in [5, 5.41) is 9.19. The maximum atomic E-state index is 14.3. The molecule has 0 saturated carbocycles. The number of likely N-dealkylation sites (N-methyl/N-ethyl adjacent to an activating group) is 2. The van der Waals surface area contributed by atoms with E-state index in [2.05, 4.69) is 0 Å². The van der Waals surface area contributed by atoms with E-state index in [0.29, 0.717) is 5.56 Å². The maximum absolute atomic E-state index is 14.3. The van der Waals surface area contributed by atoms with E-state index in [4.69, 9.17) is 0 Å². The van der Waals surface area contributed by atoms with Crippen LogP contribution in [0.2, 0.25) is 0 Å². The van der Waals surface area contributed by atoms with Crippen LogP contribution in [0.1, 0.15) is 23.6 Å². The van der Waals surface area contributed by atoms with Gasteiger partial charge in [-0.1, -0.05) is 12.1 Å². The Balaban J connectivity index is 2.04. The fourth-order valence-corrected chi connectivity index (χ4v) is 3.45. The molecule has 1 aliphatic heterocycles. The van der Waals surface area contributed by atoms with Gasteiger partial charge in [0, 0.05) is 26.1 Å². The summed E-state index contributed by atoms with van der Waals surface area (Å²) in [5.74, 6) is -3.94. The Morgan fingerprint density at radius 1 is 1.07 bits per heavy atom. The highest BCUT2D eigenvalue weighted by molar-refractivity contribution is 6.08. The Bertz CT molecular complexity index is 1110. The monoisotopic (exact) mass is 413 g/mol. The number of amides is 2. The van der Waals surface area contributed by atoms with Crippen LogP contribution in [0.25, 0.3) is 6.08 Å². The van der Waals surface area contributed by atoms with E-state index in [1.54, 1.807) is 13.0 Å². The molecule has 1 fully saturated rings. The fraction of sp³-hybridized carbons (Fsp3) is 0.227. The van der Waals surface area contributed by atoms with E-state index < -0.39 is 40.4 Å². The zero-order chi connectivity index (χ0) is 22.2. The Morgan fingerprint density at radius 2 is 1.70 bits per heavy atom. The molecule has 0 radical (unpaired) electrons. The second kappa shape index (κ2) is 7.67. The molecular formula is C22H18F3N3O2. The first-order valence-corrected chi connectivity index (χ1v) is 9.00. The summed E-state index contributed by atoms with van der Waals surface area (Å²) in [5.41, 5.74) is -1.40. The van der Waals surface area contributed by atoms with Crippen LogP contribution in [-0.4, -0.2) is 41.2 Å². The third-order valence-electron chi connectivity index (χ3n) is 5.39. The quantitative estimate of drug-likeness (QED) is 0.726. The maximum Gasteiger partial charge on any atom is 0.271 e. The van der Waals surface area contributed by atoms with E-state index in [9.17, 15) is 28.0 Å². The first-order chi connectivity index (χ1) is 14.1. The van der Waals surface area contributed by atoms with E-state index in [0.717, 1.165) is 23.1 Å². The number of rotatable bonds is 3. The highest BCUT2D eigenvalue weighted by Crippen LogP contribution is 2.32. The minimum Gasteiger partial charge on any atom is -0.326 e. The van der Waals surface area contributed by atoms with Crippen LogP contribution in [0.3, 0.4) is 0 Å². The van der Waals surface area contributed by atoms with Gasteiger partial charge in [0.15, 0.2) is 11.6 Å². The largest absolute Gasteiger partial charge is 0.326 e. The molecule has 1 aliphatic rings. The molecule has 8 heteroatoms. The van der Waals surface area contributed by atoms with Gasteiger partial charge in [0.1, 0.15) is 17.1 Å².